The zero-order valence-corrected chi connectivity index (χ0v) is 7.38. The molecule has 0 bridgehead atoms. The van der Waals surface area contributed by atoms with Crippen LogP contribution in [0.15, 0.2) is 36.7 Å². The lowest BCUT2D eigenvalue weighted by atomic mass is 10.1. The minimum absolute atomic E-state index is 0.181. The molecule has 3 N–H and O–H groups in total. The van der Waals surface area contributed by atoms with E-state index in [1.54, 1.807) is 24.5 Å². The fourth-order valence-electron chi connectivity index (χ4n) is 1.24. The average molecular weight is 190 g/mol. The highest BCUT2D eigenvalue weighted by Gasteiger charge is 2.11. The zero-order chi connectivity index (χ0) is 9.97. The van der Waals surface area contributed by atoms with E-state index in [-0.39, 0.29) is 5.75 Å². The van der Waals surface area contributed by atoms with E-state index >= 15 is 0 Å². The lowest BCUT2D eigenvalue weighted by molar-refractivity contribution is 0.211. The molecule has 0 fully saturated rings. The highest BCUT2D eigenvalue weighted by Crippen LogP contribution is 2.20. The smallest absolute Gasteiger partial charge is 0.139 e. The average Bonchev–Trinajstić information content (AvgIpc) is 2.71. The number of aromatic hydroxyl groups is 1. The molecule has 1 aromatic carbocycles. The van der Waals surface area contributed by atoms with Crippen LogP contribution in [0.2, 0.25) is 0 Å². The van der Waals surface area contributed by atoms with Crippen molar-refractivity contribution in [2.75, 3.05) is 0 Å². The van der Waals surface area contributed by atoms with E-state index in [4.69, 9.17) is 5.11 Å². The second-order valence-electron chi connectivity index (χ2n) is 2.97. The van der Waals surface area contributed by atoms with Gasteiger partial charge in [0.1, 0.15) is 17.7 Å². The number of nitrogens with one attached hydrogen (secondary N) is 1. The van der Waals surface area contributed by atoms with Crippen molar-refractivity contribution in [2.45, 2.75) is 6.10 Å². The molecule has 0 aliphatic heterocycles. The number of aliphatic hydroxyl groups excluding tert-OH is 1. The molecular weight excluding hydrogens is 180 g/mol. The number of aliphatic hydroxyl groups is 1. The van der Waals surface area contributed by atoms with Gasteiger partial charge in [-0.2, -0.15) is 0 Å². The number of benzene rings is 1. The molecule has 4 nitrogen and oxygen atoms in total. The minimum atomic E-state index is -0.773. The number of phenols is 1. The molecule has 2 rings (SSSR count). The van der Waals surface area contributed by atoms with E-state index in [1.165, 1.54) is 12.1 Å². The van der Waals surface area contributed by atoms with Gasteiger partial charge in [0.2, 0.25) is 0 Å². The maximum Gasteiger partial charge on any atom is 0.139 e. The molecule has 0 radical (unpaired) electrons. The molecule has 0 saturated carbocycles. The van der Waals surface area contributed by atoms with Crippen LogP contribution in [0.1, 0.15) is 17.5 Å². The summed E-state index contributed by atoms with van der Waals surface area (Å²) in [4.78, 5) is 6.77. The van der Waals surface area contributed by atoms with Crippen molar-refractivity contribution < 1.29 is 10.2 Å². The van der Waals surface area contributed by atoms with E-state index < -0.39 is 6.10 Å². The maximum absolute atomic E-state index is 9.80. The Bertz CT molecular complexity index is 395. The van der Waals surface area contributed by atoms with Gasteiger partial charge in [-0.25, -0.2) is 4.98 Å². The van der Waals surface area contributed by atoms with Crippen LogP contribution in [-0.2, 0) is 0 Å². The van der Waals surface area contributed by atoms with Crippen molar-refractivity contribution in [3.63, 3.8) is 0 Å². The molecule has 0 aliphatic carbocycles. The van der Waals surface area contributed by atoms with Crippen molar-refractivity contribution in [2.24, 2.45) is 0 Å². The van der Waals surface area contributed by atoms with Crippen molar-refractivity contribution in [1.29, 1.82) is 0 Å². The van der Waals surface area contributed by atoms with E-state index in [0.717, 1.165) is 0 Å². The van der Waals surface area contributed by atoms with Crippen LogP contribution in [0.4, 0.5) is 0 Å². The standard InChI is InChI=1S/C10H10N2O2/c13-8-3-1-7(2-4-8)9(14)10-11-5-6-12-10/h1-6,9,13-14H,(H,11,12). The zero-order valence-electron chi connectivity index (χ0n) is 7.38. The number of rotatable bonds is 2. The van der Waals surface area contributed by atoms with E-state index in [0.29, 0.717) is 11.4 Å². The summed E-state index contributed by atoms with van der Waals surface area (Å²) >= 11 is 0. The van der Waals surface area contributed by atoms with Crippen molar-refractivity contribution >= 4 is 0 Å². The van der Waals surface area contributed by atoms with Crippen molar-refractivity contribution in [3.8, 4) is 5.75 Å². The molecular formula is C10H10N2O2. The quantitative estimate of drug-likeness (QED) is 0.666. The van der Waals surface area contributed by atoms with Crippen LogP contribution in [0.25, 0.3) is 0 Å². The van der Waals surface area contributed by atoms with Crippen LogP contribution in [0.3, 0.4) is 0 Å². The Labute approximate surface area is 80.9 Å². The van der Waals surface area contributed by atoms with Gasteiger partial charge in [-0.15, -0.1) is 0 Å². The van der Waals surface area contributed by atoms with Crippen LogP contribution in [0.5, 0.6) is 5.75 Å². The third-order valence-corrected chi connectivity index (χ3v) is 1.99. The third-order valence-electron chi connectivity index (χ3n) is 1.99. The fraction of sp³-hybridized carbons (Fsp3) is 0.100. The fourth-order valence-corrected chi connectivity index (χ4v) is 1.24. The summed E-state index contributed by atoms with van der Waals surface area (Å²) in [5.74, 6) is 0.677. The summed E-state index contributed by atoms with van der Waals surface area (Å²) in [6.07, 6.45) is 2.46. The molecule has 0 amide bonds. The van der Waals surface area contributed by atoms with Gasteiger partial charge >= 0.3 is 0 Å². The molecule has 2 aromatic rings. The third kappa shape index (κ3) is 1.60. The molecule has 1 heterocycles. The number of hydrogen-bond acceptors (Lipinski definition) is 3. The van der Waals surface area contributed by atoms with Gasteiger partial charge in [0.15, 0.2) is 0 Å². The number of aromatic amines is 1. The van der Waals surface area contributed by atoms with Gasteiger partial charge in [0, 0.05) is 12.4 Å². The maximum atomic E-state index is 9.80. The predicted octanol–water partition coefficient (Wildman–Crippen LogP) is 1.20. The normalized spacial score (nSPS) is 12.6. The van der Waals surface area contributed by atoms with Crippen LogP contribution >= 0.6 is 0 Å². The Morgan fingerprint density at radius 2 is 1.93 bits per heavy atom. The van der Waals surface area contributed by atoms with Gasteiger partial charge in [0.05, 0.1) is 0 Å². The summed E-state index contributed by atoms with van der Waals surface area (Å²) in [5.41, 5.74) is 0.692. The first-order chi connectivity index (χ1) is 6.77. The SMILES string of the molecule is Oc1ccc(C(O)c2ncc[nH]2)cc1. The summed E-state index contributed by atoms with van der Waals surface area (Å²) < 4.78 is 0. The first-order valence-corrected chi connectivity index (χ1v) is 4.23. The second kappa shape index (κ2) is 3.51. The van der Waals surface area contributed by atoms with E-state index in [1.807, 2.05) is 0 Å². The highest BCUT2D eigenvalue weighted by atomic mass is 16.3. The van der Waals surface area contributed by atoms with E-state index in [2.05, 4.69) is 9.97 Å². The molecule has 4 heteroatoms. The summed E-state index contributed by atoms with van der Waals surface area (Å²) in [5, 5.41) is 18.9. The number of phenolic OH excluding ortho intramolecular Hbond substituents is 1. The van der Waals surface area contributed by atoms with Gasteiger partial charge in [-0.05, 0) is 17.7 Å². The van der Waals surface area contributed by atoms with Crippen molar-refractivity contribution in [3.05, 3.63) is 48.0 Å². The summed E-state index contributed by atoms with van der Waals surface area (Å²) in [7, 11) is 0. The molecule has 0 saturated heterocycles. The highest BCUT2D eigenvalue weighted by molar-refractivity contribution is 5.29. The number of H-pyrrole nitrogens is 1. The Morgan fingerprint density at radius 1 is 1.21 bits per heavy atom. The molecule has 1 unspecified atom stereocenters. The lowest BCUT2D eigenvalue weighted by Gasteiger charge is -2.07. The predicted molar refractivity (Wildman–Crippen MR) is 50.8 cm³/mol. The summed E-state index contributed by atoms with van der Waals surface area (Å²) in [6.45, 7) is 0. The summed E-state index contributed by atoms with van der Waals surface area (Å²) in [6, 6.07) is 6.37. The van der Waals surface area contributed by atoms with Gasteiger partial charge < -0.3 is 15.2 Å². The molecule has 0 spiro atoms. The molecule has 1 aromatic heterocycles. The van der Waals surface area contributed by atoms with Crippen LogP contribution in [0, 0.1) is 0 Å². The first-order valence-electron chi connectivity index (χ1n) is 4.23. The van der Waals surface area contributed by atoms with Gasteiger partial charge in [-0.1, -0.05) is 12.1 Å². The first kappa shape index (κ1) is 8.77. The monoisotopic (exact) mass is 190 g/mol. The largest absolute Gasteiger partial charge is 0.508 e. The number of aromatic nitrogens is 2. The van der Waals surface area contributed by atoms with Gasteiger partial charge in [0.25, 0.3) is 0 Å². The lowest BCUT2D eigenvalue weighted by Crippen LogP contribution is -2.01. The number of nitrogens with zero attached hydrogens (tertiary/aromatic N) is 1. The molecule has 1 atom stereocenters. The Morgan fingerprint density at radius 3 is 2.50 bits per heavy atom. The Balaban J connectivity index is 2.28. The minimum Gasteiger partial charge on any atom is -0.508 e. The van der Waals surface area contributed by atoms with Crippen LogP contribution in [-0.4, -0.2) is 20.2 Å². The second-order valence-corrected chi connectivity index (χ2v) is 2.97. The Hall–Kier alpha value is -1.81. The van der Waals surface area contributed by atoms with Gasteiger partial charge in [-0.3, -0.25) is 0 Å². The molecule has 0 aliphatic rings. The Kier molecular flexibility index (Phi) is 2.20. The topological polar surface area (TPSA) is 69.1 Å². The molecule has 14 heavy (non-hydrogen) atoms. The molecule has 72 valence electrons. The van der Waals surface area contributed by atoms with E-state index in [9.17, 15) is 5.11 Å². The number of hydrogen-bond donors (Lipinski definition) is 3. The van der Waals surface area contributed by atoms with Crippen LogP contribution < -0.4 is 0 Å². The van der Waals surface area contributed by atoms with Crippen molar-refractivity contribution in [1.82, 2.24) is 9.97 Å². The number of imidazole rings is 1.